The fourth-order valence-electron chi connectivity index (χ4n) is 1.58. The van der Waals surface area contributed by atoms with Crippen molar-refractivity contribution in [1.82, 2.24) is 5.32 Å². The van der Waals surface area contributed by atoms with Gasteiger partial charge in [0.1, 0.15) is 0 Å². The first-order valence-corrected chi connectivity index (χ1v) is 6.33. The summed E-state index contributed by atoms with van der Waals surface area (Å²) in [4.78, 5) is 24.2. The second kappa shape index (κ2) is 5.15. The van der Waals surface area contributed by atoms with Crippen LogP contribution >= 0.6 is 11.8 Å². The number of terminal acetylenes is 1. The Morgan fingerprint density at radius 2 is 2.39 bits per heavy atom. The van der Waals surface area contributed by atoms with Crippen LogP contribution in [-0.4, -0.2) is 23.6 Å². The molecule has 92 valence electrons. The second-order valence-corrected chi connectivity index (χ2v) is 5.23. The number of hydrogen-bond donors (Lipinski definition) is 2. The summed E-state index contributed by atoms with van der Waals surface area (Å²) in [6.45, 7) is 2.03. The monoisotopic (exact) mass is 260 g/mol. The molecule has 1 aliphatic rings. The van der Waals surface area contributed by atoms with Gasteiger partial charge in [0.2, 0.25) is 5.91 Å². The predicted molar refractivity (Wildman–Crippen MR) is 71.6 cm³/mol. The highest BCUT2D eigenvalue weighted by atomic mass is 32.2. The molecule has 0 bridgehead atoms. The summed E-state index contributed by atoms with van der Waals surface area (Å²) in [5, 5.41) is 5.25. The Kier molecular flexibility index (Phi) is 3.58. The molecule has 5 heteroatoms. The molecule has 4 nitrogen and oxygen atoms in total. The van der Waals surface area contributed by atoms with Crippen LogP contribution in [0.1, 0.15) is 17.3 Å². The normalized spacial score (nSPS) is 17.3. The molecule has 0 saturated heterocycles. The SMILES string of the molecule is C#CCNC(=O)c1ccc2c(c1)NC(=O)[C@H](C)S2. The molecular formula is C13H12N2O2S. The van der Waals surface area contributed by atoms with Gasteiger partial charge in [-0.05, 0) is 25.1 Å². The predicted octanol–water partition coefficient (Wildman–Crippen LogP) is 1.48. The van der Waals surface area contributed by atoms with Crippen molar-refractivity contribution in [2.24, 2.45) is 0 Å². The lowest BCUT2D eigenvalue weighted by Gasteiger charge is -2.21. The first-order chi connectivity index (χ1) is 8.61. The van der Waals surface area contributed by atoms with Crippen LogP contribution < -0.4 is 10.6 Å². The van der Waals surface area contributed by atoms with E-state index in [9.17, 15) is 9.59 Å². The van der Waals surface area contributed by atoms with E-state index in [1.807, 2.05) is 13.0 Å². The Balaban J connectivity index is 2.23. The summed E-state index contributed by atoms with van der Waals surface area (Å²) < 4.78 is 0. The number of fused-ring (bicyclic) bond motifs is 1. The summed E-state index contributed by atoms with van der Waals surface area (Å²) in [6.07, 6.45) is 5.07. The molecular weight excluding hydrogens is 248 g/mol. The topological polar surface area (TPSA) is 58.2 Å². The number of rotatable bonds is 2. The molecule has 2 rings (SSSR count). The van der Waals surface area contributed by atoms with Crippen molar-refractivity contribution >= 4 is 29.3 Å². The van der Waals surface area contributed by atoms with E-state index in [0.717, 1.165) is 4.90 Å². The van der Waals surface area contributed by atoms with Gasteiger partial charge < -0.3 is 10.6 Å². The molecule has 0 fully saturated rings. The first-order valence-electron chi connectivity index (χ1n) is 5.45. The zero-order chi connectivity index (χ0) is 13.1. The number of hydrogen-bond acceptors (Lipinski definition) is 3. The van der Waals surface area contributed by atoms with Gasteiger partial charge in [0, 0.05) is 10.5 Å². The Morgan fingerprint density at radius 3 is 3.11 bits per heavy atom. The van der Waals surface area contributed by atoms with Crippen LogP contribution in [0.15, 0.2) is 23.1 Å². The third kappa shape index (κ3) is 2.49. The van der Waals surface area contributed by atoms with Crippen molar-refractivity contribution in [1.29, 1.82) is 0 Å². The van der Waals surface area contributed by atoms with Crippen molar-refractivity contribution in [3.8, 4) is 12.3 Å². The number of carbonyl (C=O) groups excluding carboxylic acids is 2. The Bertz CT molecular complexity index is 548. The quantitative estimate of drug-likeness (QED) is 0.792. The van der Waals surface area contributed by atoms with Gasteiger partial charge in [0.15, 0.2) is 0 Å². The molecule has 0 unspecified atom stereocenters. The lowest BCUT2D eigenvalue weighted by Crippen LogP contribution is -2.27. The fraction of sp³-hybridized carbons (Fsp3) is 0.231. The Labute approximate surface area is 110 Å². The minimum atomic E-state index is -0.242. The number of carbonyl (C=O) groups is 2. The van der Waals surface area contributed by atoms with Gasteiger partial charge in [-0.3, -0.25) is 9.59 Å². The lowest BCUT2D eigenvalue weighted by atomic mass is 10.1. The van der Waals surface area contributed by atoms with E-state index in [1.165, 1.54) is 11.8 Å². The van der Waals surface area contributed by atoms with E-state index >= 15 is 0 Å². The molecule has 1 atom stereocenters. The zero-order valence-electron chi connectivity index (χ0n) is 9.82. The first kappa shape index (κ1) is 12.5. The van der Waals surface area contributed by atoms with Gasteiger partial charge in [-0.15, -0.1) is 18.2 Å². The van der Waals surface area contributed by atoms with E-state index in [2.05, 4.69) is 16.6 Å². The minimum Gasteiger partial charge on any atom is -0.341 e. The van der Waals surface area contributed by atoms with Crippen LogP contribution in [0.25, 0.3) is 0 Å². The molecule has 1 aromatic rings. The summed E-state index contributed by atoms with van der Waals surface area (Å²) >= 11 is 1.48. The van der Waals surface area contributed by atoms with E-state index in [-0.39, 0.29) is 23.6 Å². The molecule has 0 saturated carbocycles. The summed E-state index contributed by atoms with van der Waals surface area (Å²) in [7, 11) is 0. The van der Waals surface area contributed by atoms with Gasteiger partial charge >= 0.3 is 0 Å². The van der Waals surface area contributed by atoms with E-state index < -0.39 is 0 Å². The number of anilines is 1. The average molecular weight is 260 g/mol. The number of thioether (sulfide) groups is 1. The molecule has 0 aliphatic carbocycles. The maximum atomic E-state index is 11.7. The van der Waals surface area contributed by atoms with Gasteiger partial charge in [-0.2, -0.15) is 0 Å². The van der Waals surface area contributed by atoms with Crippen molar-refractivity contribution < 1.29 is 9.59 Å². The highest BCUT2D eigenvalue weighted by molar-refractivity contribution is 8.00. The van der Waals surface area contributed by atoms with E-state index in [1.54, 1.807) is 12.1 Å². The van der Waals surface area contributed by atoms with Crippen molar-refractivity contribution in [3.63, 3.8) is 0 Å². The Hall–Kier alpha value is -1.93. The molecule has 18 heavy (non-hydrogen) atoms. The molecule has 2 N–H and O–H groups in total. The molecule has 1 aromatic carbocycles. The number of benzene rings is 1. The number of amides is 2. The van der Waals surface area contributed by atoms with Crippen molar-refractivity contribution in [2.45, 2.75) is 17.1 Å². The molecule has 0 spiro atoms. The molecule has 1 aliphatic heterocycles. The third-order valence-electron chi connectivity index (χ3n) is 2.52. The molecule has 2 amide bonds. The fourth-order valence-corrected chi connectivity index (χ4v) is 2.51. The molecule has 1 heterocycles. The third-order valence-corrected chi connectivity index (χ3v) is 3.70. The average Bonchev–Trinajstić information content (AvgIpc) is 2.36. The van der Waals surface area contributed by atoms with Gasteiger partial charge in [0.05, 0.1) is 17.5 Å². The van der Waals surface area contributed by atoms with Crippen LogP contribution in [0.3, 0.4) is 0 Å². The van der Waals surface area contributed by atoms with Gasteiger partial charge in [-0.25, -0.2) is 0 Å². The van der Waals surface area contributed by atoms with Crippen molar-refractivity contribution in [3.05, 3.63) is 23.8 Å². The van der Waals surface area contributed by atoms with Crippen LogP contribution in [0.2, 0.25) is 0 Å². The molecule has 0 radical (unpaired) electrons. The lowest BCUT2D eigenvalue weighted by molar-refractivity contribution is -0.115. The molecule has 0 aromatic heterocycles. The van der Waals surface area contributed by atoms with Crippen LogP contribution in [-0.2, 0) is 4.79 Å². The zero-order valence-corrected chi connectivity index (χ0v) is 10.6. The van der Waals surface area contributed by atoms with E-state index in [0.29, 0.717) is 11.3 Å². The van der Waals surface area contributed by atoms with Gasteiger partial charge in [0.25, 0.3) is 5.91 Å². The minimum absolute atomic E-state index is 0.0475. The highest BCUT2D eigenvalue weighted by Gasteiger charge is 2.23. The van der Waals surface area contributed by atoms with Gasteiger partial charge in [-0.1, -0.05) is 5.92 Å². The standard InChI is InChI=1S/C13H12N2O2S/c1-3-6-14-13(17)9-4-5-11-10(7-9)15-12(16)8(2)18-11/h1,4-5,7-8H,6H2,2H3,(H,14,17)(H,15,16)/t8-/m0/s1. The summed E-state index contributed by atoms with van der Waals surface area (Å²) in [5.41, 5.74) is 1.16. The summed E-state index contributed by atoms with van der Waals surface area (Å²) in [5.74, 6) is 2.05. The maximum absolute atomic E-state index is 11.7. The van der Waals surface area contributed by atoms with Crippen LogP contribution in [0.5, 0.6) is 0 Å². The second-order valence-electron chi connectivity index (χ2n) is 3.85. The Morgan fingerprint density at radius 1 is 1.61 bits per heavy atom. The van der Waals surface area contributed by atoms with Crippen LogP contribution in [0.4, 0.5) is 5.69 Å². The smallest absolute Gasteiger partial charge is 0.252 e. The van der Waals surface area contributed by atoms with E-state index in [4.69, 9.17) is 6.42 Å². The van der Waals surface area contributed by atoms with Crippen molar-refractivity contribution in [2.75, 3.05) is 11.9 Å². The highest BCUT2D eigenvalue weighted by Crippen LogP contribution is 2.35. The summed E-state index contributed by atoms with van der Waals surface area (Å²) in [6, 6.07) is 5.22. The van der Waals surface area contributed by atoms with Crippen LogP contribution in [0, 0.1) is 12.3 Å². The number of nitrogens with one attached hydrogen (secondary N) is 2. The largest absolute Gasteiger partial charge is 0.341 e. The maximum Gasteiger partial charge on any atom is 0.252 e.